The van der Waals surface area contributed by atoms with Crippen LogP contribution in [0.1, 0.15) is 30.1 Å². The molecule has 0 bridgehead atoms. The number of hydrogen-bond donors (Lipinski definition) is 1. The van der Waals surface area contributed by atoms with Crippen molar-refractivity contribution in [1.82, 2.24) is 4.90 Å². The lowest BCUT2D eigenvalue weighted by Crippen LogP contribution is -2.42. The van der Waals surface area contributed by atoms with Crippen LogP contribution in [0.3, 0.4) is 0 Å². The highest BCUT2D eigenvalue weighted by Crippen LogP contribution is 2.23. The SMILES string of the molecule is COc1cccc(F)c1C(=O)CCN1CCC(O)C(C)C1. The van der Waals surface area contributed by atoms with Crippen molar-refractivity contribution in [1.29, 1.82) is 0 Å². The average molecular weight is 295 g/mol. The number of ether oxygens (including phenoxy) is 1. The van der Waals surface area contributed by atoms with Gasteiger partial charge in [0.15, 0.2) is 5.78 Å². The lowest BCUT2D eigenvalue weighted by Gasteiger charge is -2.34. The molecule has 1 aromatic rings. The molecule has 1 fully saturated rings. The van der Waals surface area contributed by atoms with Crippen molar-refractivity contribution in [3.05, 3.63) is 29.6 Å². The van der Waals surface area contributed by atoms with Gasteiger partial charge in [-0.2, -0.15) is 0 Å². The minimum atomic E-state index is -0.540. The molecule has 1 aliphatic rings. The maximum Gasteiger partial charge on any atom is 0.170 e. The van der Waals surface area contributed by atoms with E-state index < -0.39 is 5.82 Å². The fourth-order valence-electron chi connectivity index (χ4n) is 2.75. The number of carbonyl (C=O) groups is 1. The van der Waals surface area contributed by atoms with Gasteiger partial charge in [-0.15, -0.1) is 0 Å². The minimum absolute atomic E-state index is 0.0325. The van der Waals surface area contributed by atoms with Crippen LogP contribution in [0, 0.1) is 11.7 Å². The van der Waals surface area contributed by atoms with Crippen LogP contribution in [0.5, 0.6) is 5.75 Å². The summed E-state index contributed by atoms with van der Waals surface area (Å²) in [6, 6.07) is 4.39. The molecule has 0 aliphatic carbocycles. The fraction of sp³-hybridized carbons (Fsp3) is 0.562. The van der Waals surface area contributed by atoms with Gasteiger partial charge < -0.3 is 14.7 Å². The first-order valence-electron chi connectivity index (χ1n) is 7.29. The van der Waals surface area contributed by atoms with Crippen molar-refractivity contribution in [3.8, 4) is 5.75 Å². The van der Waals surface area contributed by atoms with Crippen molar-refractivity contribution in [2.24, 2.45) is 5.92 Å². The van der Waals surface area contributed by atoms with E-state index in [2.05, 4.69) is 4.90 Å². The highest BCUT2D eigenvalue weighted by atomic mass is 19.1. The van der Waals surface area contributed by atoms with E-state index >= 15 is 0 Å². The second kappa shape index (κ2) is 7.00. The molecule has 2 rings (SSSR count). The van der Waals surface area contributed by atoms with Gasteiger partial charge >= 0.3 is 0 Å². The average Bonchev–Trinajstić information content (AvgIpc) is 2.47. The number of rotatable bonds is 5. The molecular weight excluding hydrogens is 273 g/mol. The number of halogens is 1. The molecule has 0 radical (unpaired) electrons. The number of Topliss-reactive ketones (excluding diaryl/α,β-unsaturated/α-hetero) is 1. The largest absolute Gasteiger partial charge is 0.496 e. The fourth-order valence-corrected chi connectivity index (χ4v) is 2.75. The summed E-state index contributed by atoms with van der Waals surface area (Å²) in [6.45, 7) is 4.11. The van der Waals surface area contributed by atoms with Gasteiger partial charge in [-0.25, -0.2) is 4.39 Å². The molecule has 5 heteroatoms. The van der Waals surface area contributed by atoms with Gasteiger partial charge in [0.2, 0.25) is 0 Å². The van der Waals surface area contributed by atoms with Gasteiger partial charge in [-0.1, -0.05) is 13.0 Å². The Kier molecular flexibility index (Phi) is 5.31. The summed E-state index contributed by atoms with van der Waals surface area (Å²) in [5, 5.41) is 9.70. The molecule has 0 spiro atoms. The molecule has 1 N–H and O–H groups in total. The molecule has 21 heavy (non-hydrogen) atoms. The van der Waals surface area contributed by atoms with Crippen LogP contribution >= 0.6 is 0 Å². The zero-order chi connectivity index (χ0) is 15.4. The first-order valence-corrected chi connectivity index (χ1v) is 7.29. The molecule has 1 saturated heterocycles. The molecule has 1 aromatic carbocycles. The lowest BCUT2D eigenvalue weighted by molar-refractivity contribution is 0.0346. The standard InChI is InChI=1S/C16H22FNO3/c1-11-10-18(8-6-13(11)19)9-7-14(20)16-12(17)4-3-5-15(16)21-2/h3-5,11,13,19H,6-10H2,1-2H3. The zero-order valence-electron chi connectivity index (χ0n) is 12.5. The summed E-state index contributed by atoms with van der Waals surface area (Å²) < 4.78 is 18.9. The van der Waals surface area contributed by atoms with E-state index in [-0.39, 0.29) is 35.5 Å². The number of benzene rings is 1. The van der Waals surface area contributed by atoms with Crippen LogP contribution < -0.4 is 4.74 Å². The second-order valence-electron chi connectivity index (χ2n) is 5.62. The maximum atomic E-state index is 13.8. The molecule has 4 nitrogen and oxygen atoms in total. The van der Waals surface area contributed by atoms with Gasteiger partial charge in [0.1, 0.15) is 11.6 Å². The molecule has 116 valence electrons. The van der Waals surface area contributed by atoms with Crippen LogP contribution in [0.15, 0.2) is 18.2 Å². The van der Waals surface area contributed by atoms with Crippen molar-refractivity contribution >= 4 is 5.78 Å². The van der Waals surface area contributed by atoms with Gasteiger partial charge in [0, 0.05) is 26.1 Å². The molecule has 1 heterocycles. The summed E-state index contributed by atoms with van der Waals surface area (Å²) in [7, 11) is 1.43. The van der Waals surface area contributed by atoms with E-state index in [1.807, 2.05) is 6.92 Å². The number of aliphatic hydroxyl groups is 1. The second-order valence-corrected chi connectivity index (χ2v) is 5.62. The van der Waals surface area contributed by atoms with Crippen LogP contribution in [0.2, 0.25) is 0 Å². The predicted molar refractivity (Wildman–Crippen MR) is 78.1 cm³/mol. The van der Waals surface area contributed by atoms with Gasteiger partial charge in [0.25, 0.3) is 0 Å². The van der Waals surface area contributed by atoms with Crippen molar-refractivity contribution in [3.63, 3.8) is 0 Å². The van der Waals surface area contributed by atoms with Crippen molar-refractivity contribution < 1.29 is 19.0 Å². The van der Waals surface area contributed by atoms with Crippen molar-refractivity contribution in [2.75, 3.05) is 26.7 Å². The summed E-state index contributed by atoms with van der Waals surface area (Å²) in [5.74, 6) is -0.301. The van der Waals surface area contributed by atoms with Gasteiger partial charge in [-0.3, -0.25) is 4.79 Å². The Morgan fingerprint density at radius 3 is 2.95 bits per heavy atom. The van der Waals surface area contributed by atoms with E-state index in [1.165, 1.54) is 19.2 Å². The van der Waals surface area contributed by atoms with E-state index in [9.17, 15) is 14.3 Å². The van der Waals surface area contributed by atoms with Gasteiger partial charge in [-0.05, 0) is 24.5 Å². The van der Waals surface area contributed by atoms with Crippen LogP contribution in [-0.4, -0.2) is 48.6 Å². The van der Waals surface area contributed by atoms with E-state index in [0.29, 0.717) is 6.54 Å². The topological polar surface area (TPSA) is 49.8 Å². The smallest absolute Gasteiger partial charge is 0.170 e. The Hall–Kier alpha value is -1.46. The molecule has 0 saturated carbocycles. The first-order chi connectivity index (χ1) is 10.0. The van der Waals surface area contributed by atoms with Crippen LogP contribution in [0.25, 0.3) is 0 Å². The number of nitrogens with zero attached hydrogens (tertiary/aromatic N) is 1. The molecule has 2 unspecified atom stereocenters. The number of methoxy groups -OCH3 is 1. The number of likely N-dealkylation sites (tertiary alicyclic amines) is 1. The number of ketones is 1. The third kappa shape index (κ3) is 3.80. The van der Waals surface area contributed by atoms with Gasteiger partial charge in [0.05, 0.1) is 18.8 Å². The third-order valence-corrected chi connectivity index (χ3v) is 4.07. The zero-order valence-corrected chi connectivity index (χ0v) is 12.5. The van der Waals surface area contributed by atoms with Crippen LogP contribution in [0.4, 0.5) is 4.39 Å². The lowest BCUT2D eigenvalue weighted by atomic mass is 9.96. The van der Waals surface area contributed by atoms with E-state index in [1.54, 1.807) is 6.07 Å². The van der Waals surface area contributed by atoms with Crippen molar-refractivity contribution in [2.45, 2.75) is 25.9 Å². The Balaban J connectivity index is 1.96. The quantitative estimate of drug-likeness (QED) is 0.845. The molecule has 0 aromatic heterocycles. The normalized spacial score (nSPS) is 23.0. The van der Waals surface area contributed by atoms with E-state index in [4.69, 9.17) is 4.74 Å². The Morgan fingerprint density at radius 1 is 1.52 bits per heavy atom. The maximum absolute atomic E-state index is 13.8. The number of aliphatic hydroxyl groups excluding tert-OH is 1. The first kappa shape index (κ1) is 15.9. The molecule has 0 amide bonds. The Bertz CT molecular complexity index is 506. The number of carbonyl (C=O) groups excluding carboxylic acids is 1. The summed E-state index contributed by atoms with van der Waals surface area (Å²) in [4.78, 5) is 14.4. The monoisotopic (exact) mass is 295 g/mol. The Morgan fingerprint density at radius 2 is 2.29 bits per heavy atom. The number of piperidine rings is 1. The highest BCUT2D eigenvalue weighted by molar-refractivity contribution is 5.99. The summed E-state index contributed by atoms with van der Waals surface area (Å²) in [6.07, 6.45) is 0.710. The predicted octanol–water partition coefficient (Wildman–Crippen LogP) is 2.11. The summed E-state index contributed by atoms with van der Waals surface area (Å²) >= 11 is 0. The molecule has 1 aliphatic heterocycles. The summed E-state index contributed by atoms with van der Waals surface area (Å²) in [5.41, 5.74) is 0.0325. The van der Waals surface area contributed by atoms with Crippen LogP contribution in [-0.2, 0) is 0 Å². The minimum Gasteiger partial charge on any atom is -0.496 e. The molecular formula is C16H22FNO3. The third-order valence-electron chi connectivity index (χ3n) is 4.07. The van der Waals surface area contributed by atoms with E-state index in [0.717, 1.165) is 19.5 Å². The Labute approximate surface area is 124 Å². The molecule has 2 atom stereocenters. The highest BCUT2D eigenvalue weighted by Gasteiger charge is 2.25. The number of hydrogen-bond acceptors (Lipinski definition) is 4.